The van der Waals surface area contributed by atoms with Crippen LogP contribution in [0.1, 0.15) is 12.5 Å². The molecule has 0 saturated carbocycles. The van der Waals surface area contributed by atoms with E-state index in [0.29, 0.717) is 12.2 Å². The molecule has 0 unspecified atom stereocenters. The van der Waals surface area contributed by atoms with Gasteiger partial charge < -0.3 is 10.6 Å². The highest BCUT2D eigenvalue weighted by atomic mass is 79.9. The molecule has 0 aliphatic rings. The molecule has 20 heavy (non-hydrogen) atoms. The number of anilines is 2. The van der Waals surface area contributed by atoms with Crippen LogP contribution in [0.5, 0.6) is 0 Å². The Morgan fingerprint density at radius 3 is 2.75 bits per heavy atom. The first-order valence-corrected chi connectivity index (χ1v) is 7.12. The van der Waals surface area contributed by atoms with Crippen LogP contribution < -0.4 is 16.2 Å². The molecule has 106 valence electrons. The fourth-order valence-electron chi connectivity index (χ4n) is 1.81. The van der Waals surface area contributed by atoms with Crippen molar-refractivity contribution in [2.24, 2.45) is 0 Å². The van der Waals surface area contributed by atoms with E-state index in [1.54, 1.807) is 12.3 Å². The number of nitrogens with two attached hydrogens (primary N) is 1. The van der Waals surface area contributed by atoms with Crippen LogP contribution in [0.3, 0.4) is 0 Å². The van der Waals surface area contributed by atoms with Gasteiger partial charge in [0, 0.05) is 29.8 Å². The minimum Gasteiger partial charge on any atom is -0.398 e. The van der Waals surface area contributed by atoms with Gasteiger partial charge in [0.2, 0.25) is 0 Å². The highest BCUT2D eigenvalue weighted by Gasteiger charge is 2.06. The lowest BCUT2D eigenvalue weighted by atomic mass is 10.2. The Morgan fingerprint density at radius 1 is 1.40 bits per heavy atom. The number of halogens is 1. The van der Waals surface area contributed by atoms with Gasteiger partial charge in [-0.25, -0.2) is 4.68 Å². The van der Waals surface area contributed by atoms with Crippen molar-refractivity contribution in [3.8, 4) is 0 Å². The van der Waals surface area contributed by atoms with Gasteiger partial charge in [0.1, 0.15) is 0 Å². The normalized spacial score (nSPS) is 10.6. The molecule has 1 aromatic carbocycles. The molecule has 0 aliphatic carbocycles. The molecular weight excluding hydrogens is 320 g/mol. The zero-order chi connectivity index (χ0) is 14.7. The molecule has 0 amide bonds. The van der Waals surface area contributed by atoms with Crippen molar-refractivity contribution in [1.82, 2.24) is 9.78 Å². The second-order valence-electron chi connectivity index (χ2n) is 4.57. The molecular formula is C14H17BrN4O. The molecule has 0 saturated heterocycles. The number of hydrogen-bond acceptors (Lipinski definition) is 4. The topological polar surface area (TPSA) is 64.2 Å². The molecule has 0 aliphatic heterocycles. The number of nitrogens with zero attached hydrogens (tertiary/aromatic N) is 3. The van der Waals surface area contributed by atoms with Crippen molar-refractivity contribution in [3.63, 3.8) is 0 Å². The zero-order valence-corrected chi connectivity index (χ0v) is 13.1. The molecule has 0 bridgehead atoms. The van der Waals surface area contributed by atoms with E-state index in [-0.39, 0.29) is 5.56 Å². The summed E-state index contributed by atoms with van der Waals surface area (Å²) in [5, 5.41) is 4.20. The van der Waals surface area contributed by atoms with E-state index in [0.717, 1.165) is 22.3 Å². The van der Waals surface area contributed by atoms with Crippen molar-refractivity contribution in [3.05, 3.63) is 50.9 Å². The van der Waals surface area contributed by atoms with E-state index in [1.165, 1.54) is 4.68 Å². The molecule has 0 atom stereocenters. The SMILES string of the molecule is CCN(C)c1cnn(Cc2ccc(Br)cc2N)c(=O)c1. The zero-order valence-electron chi connectivity index (χ0n) is 11.5. The number of hydrogen-bond donors (Lipinski definition) is 1. The first kappa shape index (κ1) is 14.6. The van der Waals surface area contributed by atoms with Crippen LogP contribution in [0.2, 0.25) is 0 Å². The Labute approximate surface area is 126 Å². The van der Waals surface area contributed by atoms with Gasteiger partial charge in [-0.3, -0.25) is 4.79 Å². The van der Waals surface area contributed by atoms with Crippen molar-refractivity contribution < 1.29 is 0 Å². The maximum absolute atomic E-state index is 12.1. The summed E-state index contributed by atoms with van der Waals surface area (Å²) < 4.78 is 2.33. The first-order valence-electron chi connectivity index (χ1n) is 6.33. The predicted molar refractivity (Wildman–Crippen MR) is 85.1 cm³/mol. The van der Waals surface area contributed by atoms with Crippen LogP contribution in [0.25, 0.3) is 0 Å². The monoisotopic (exact) mass is 336 g/mol. The summed E-state index contributed by atoms with van der Waals surface area (Å²) in [7, 11) is 1.92. The molecule has 0 radical (unpaired) electrons. The summed E-state index contributed by atoms with van der Waals surface area (Å²) in [5.74, 6) is 0. The minimum atomic E-state index is -0.134. The molecule has 5 nitrogen and oxygen atoms in total. The van der Waals surface area contributed by atoms with Crippen LogP contribution in [0.15, 0.2) is 39.7 Å². The Kier molecular flexibility index (Phi) is 4.44. The van der Waals surface area contributed by atoms with Gasteiger partial charge in [0.05, 0.1) is 18.4 Å². The third-order valence-electron chi connectivity index (χ3n) is 3.20. The van der Waals surface area contributed by atoms with E-state index < -0.39 is 0 Å². The molecule has 6 heteroatoms. The molecule has 2 aromatic rings. The Balaban J connectivity index is 2.28. The lowest BCUT2D eigenvalue weighted by molar-refractivity contribution is 0.638. The third kappa shape index (κ3) is 3.19. The van der Waals surface area contributed by atoms with Gasteiger partial charge in [0.25, 0.3) is 5.56 Å². The number of rotatable bonds is 4. The summed E-state index contributed by atoms with van der Waals surface area (Å²) in [6, 6.07) is 7.20. The Hall–Kier alpha value is -1.82. The summed E-state index contributed by atoms with van der Waals surface area (Å²) in [6.45, 7) is 3.22. The van der Waals surface area contributed by atoms with Gasteiger partial charge in [-0.15, -0.1) is 0 Å². The molecule has 1 aromatic heterocycles. The van der Waals surface area contributed by atoms with E-state index in [4.69, 9.17) is 5.73 Å². The molecule has 0 fully saturated rings. The van der Waals surface area contributed by atoms with Crippen LogP contribution in [0.4, 0.5) is 11.4 Å². The minimum absolute atomic E-state index is 0.134. The van der Waals surface area contributed by atoms with Crippen LogP contribution >= 0.6 is 15.9 Å². The average molecular weight is 337 g/mol. The van der Waals surface area contributed by atoms with Gasteiger partial charge in [-0.05, 0) is 24.6 Å². The first-order chi connectivity index (χ1) is 9.51. The van der Waals surface area contributed by atoms with Gasteiger partial charge >= 0.3 is 0 Å². The summed E-state index contributed by atoms with van der Waals surface area (Å²) in [6.07, 6.45) is 1.69. The van der Waals surface area contributed by atoms with E-state index in [1.807, 2.05) is 37.1 Å². The summed E-state index contributed by atoms with van der Waals surface area (Å²) >= 11 is 3.36. The maximum Gasteiger partial charge on any atom is 0.269 e. The Morgan fingerprint density at radius 2 is 2.15 bits per heavy atom. The molecule has 2 rings (SSSR count). The number of aromatic nitrogens is 2. The van der Waals surface area contributed by atoms with Gasteiger partial charge in [0.15, 0.2) is 0 Å². The lowest BCUT2D eigenvalue weighted by Crippen LogP contribution is -2.26. The highest BCUT2D eigenvalue weighted by Crippen LogP contribution is 2.19. The van der Waals surface area contributed by atoms with Crippen LogP contribution in [0, 0.1) is 0 Å². The summed E-state index contributed by atoms with van der Waals surface area (Å²) in [4.78, 5) is 14.0. The second kappa shape index (κ2) is 6.09. The fourth-order valence-corrected chi connectivity index (χ4v) is 2.18. The maximum atomic E-state index is 12.1. The summed E-state index contributed by atoms with van der Waals surface area (Å²) in [5.41, 5.74) is 8.14. The second-order valence-corrected chi connectivity index (χ2v) is 5.48. The van der Waals surface area contributed by atoms with E-state index in [2.05, 4.69) is 21.0 Å². The third-order valence-corrected chi connectivity index (χ3v) is 3.69. The standard InChI is InChI=1S/C14H17BrN4O/c1-3-18(2)12-7-14(20)19(17-8-12)9-10-4-5-11(15)6-13(10)16/h4-8H,3,9,16H2,1-2H3. The van der Waals surface area contributed by atoms with Crippen LogP contribution in [-0.2, 0) is 6.54 Å². The van der Waals surface area contributed by atoms with E-state index >= 15 is 0 Å². The van der Waals surface area contributed by atoms with E-state index in [9.17, 15) is 4.79 Å². The van der Waals surface area contributed by atoms with Crippen molar-refractivity contribution in [2.75, 3.05) is 24.2 Å². The molecule has 2 N–H and O–H groups in total. The Bertz CT molecular complexity index is 668. The van der Waals surface area contributed by atoms with Crippen molar-refractivity contribution in [2.45, 2.75) is 13.5 Å². The fraction of sp³-hybridized carbons (Fsp3) is 0.286. The molecule has 1 heterocycles. The van der Waals surface area contributed by atoms with Gasteiger partial charge in [-0.1, -0.05) is 22.0 Å². The number of nitrogen functional groups attached to an aromatic ring is 1. The smallest absolute Gasteiger partial charge is 0.269 e. The molecule has 0 spiro atoms. The average Bonchev–Trinajstić information content (AvgIpc) is 2.42. The lowest BCUT2D eigenvalue weighted by Gasteiger charge is -2.16. The predicted octanol–water partition coefficient (Wildman–Crippen LogP) is 2.09. The number of benzene rings is 1. The quantitative estimate of drug-likeness (QED) is 0.868. The van der Waals surface area contributed by atoms with Gasteiger partial charge in [-0.2, -0.15) is 5.10 Å². The van der Waals surface area contributed by atoms with Crippen molar-refractivity contribution >= 4 is 27.3 Å². The highest BCUT2D eigenvalue weighted by molar-refractivity contribution is 9.10. The van der Waals surface area contributed by atoms with Crippen LogP contribution in [-0.4, -0.2) is 23.4 Å². The largest absolute Gasteiger partial charge is 0.398 e. The van der Waals surface area contributed by atoms with Crippen molar-refractivity contribution in [1.29, 1.82) is 0 Å².